The van der Waals surface area contributed by atoms with E-state index in [1.807, 2.05) is 18.2 Å². The largest absolute Gasteiger partial charge is 0.472 e. The Morgan fingerprint density at radius 1 is 0.562 bits per heavy atom. The van der Waals surface area contributed by atoms with Crippen LogP contribution in [-0.4, -0.2) is 111 Å². The molecule has 2 rings (SSSR count). The summed E-state index contributed by atoms with van der Waals surface area (Å²) in [6.07, 6.45) is 33.0. The van der Waals surface area contributed by atoms with Crippen LogP contribution in [0.15, 0.2) is 72.9 Å². The van der Waals surface area contributed by atoms with Gasteiger partial charge in [0.15, 0.2) is 6.10 Å². The Hall–Kier alpha value is -2.75. The van der Waals surface area contributed by atoms with E-state index in [9.17, 15) is 44.6 Å². The topological polar surface area (TPSA) is 222 Å². The van der Waals surface area contributed by atoms with Crippen molar-refractivity contribution in [1.82, 2.24) is 0 Å². The highest BCUT2D eigenvalue weighted by Crippen LogP contribution is 2.47. The average molecular weight is 925 g/mol. The van der Waals surface area contributed by atoms with Gasteiger partial charge in [-0.3, -0.25) is 18.6 Å². The monoisotopic (exact) mass is 925 g/mol. The van der Waals surface area contributed by atoms with E-state index in [0.29, 0.717) is 31.5 Å². The van der Waals surface area contributed by atoms with E-state index in [4.69, 9.17) is 23.3 Å². The predicted octanol–water partition coefficient (Wildman–Crippen LogP) is 8.49. The molecule has 0 radical (unpaired) electrons. The van der Waals surface area contributed by atoms with E-state index < -0.39 is 75.7 Å². The lowest BCUT2D eigenvalue weighted by Gasteiger charge is -2.41. The quantitative estimate of drug-likeness (QED) is 0.0113. The van der Waals surface area contributed by atoms with Crippen LogP contribution in [0, 0.1) is 0 Å². The molecule has 2 fully saturated rings. The third kappa shape index (κ3) is 27.0. The van der Waals surface area contributed by atoms with Crippen molar-refractivity contribution in [2.75, 3.05) is 13.2 Å². The molecule has 1 aliphatic heterocycles. The van der Waals surface area contributed by atoms with Crippen molar-refractivity contribution < 1.29 is 67.8 Å². The van der Waals surface area contributed by atoms with Crippen molar-refractivity contribution in [2.45, 2.75) is 210 Å². The number of unbranched alkanes of at least 4 members (excludes halogenated alkanes) is 11. The van der Waals surface area contributed by atoms with Gasteiger partial charge in [-0.25, -0.2) is 4.57 Å². The van der Waals surface area contributed by atoms with Crippen LogP contribution < -0.4 is 0 Å². The van der Waals surface area contributed by atoms with Crippen molar-refractivity contribution in [3.8, 4) is 0 Å². The molecule has 8 unspecified atom stereocenters. The first-order valence-corrected chi connectivity index (χ1v) is 25.4. The SMILES string of the molecule is CCCCCCCC/C=C\CCCCCCCC(=O)OCC(COP(=O)(O)OC1C(O)C(O)C(O)C(O)C1O)OC(=O)CC/C=C/C/C=C/C/C=C/C/C=C/C/C=C/CC1OC1CC. The molecule has 1 heterocycles. The first-order valence-electron chi connectivity index (χ1n) is 23.9. The molecular formula is C49H81O14P. The molecule has 0 bridgehead atoms. The Balaban J connectivity index is 1.73. The molecule has 6 N–H and O–H groups in total. The van der Waals surface area contributed by atoms with Crippen LogP contribution in [0.25, 0.3) is 0 Å². The fraction of sp³-hybridized carbons (Fsp3) is 0.714. The summed E-state index contributed by atoms with van der Waals surface area (Å²) in [6.45, 7) is 3.12. The van der Waals surface area contributed by atoms with Crippen molar-refractivity contribution in [2.24, 2.45) is 0 Å². The van der Waals surface area contributed by atoms with Gasteiger partial charge in [-0.2, -0.15) is 0 Å². The smallest absolute Gasteiger partial charge is 0.462 e. The maximum atomic E-state index is 12.8. The molecule has 14 nitrogen and oxygen atoms in total. The van der Waals surface area contributed by atoms with E-state index in [1.54, 1.807) is 0 Å². The van der Waals surface area contributed by atoms with Crippen LogP contribution in [0.2, 0.25) is 0 Å². The minimum atomic E-state index is -5.15. The first-order chi connectivity index (χ1) is 30.9. The molecule has 1 saturated carbocycles. The third-order valence-corrected chi connectivity index (χ3v) is 12.0. The lowest BCUT2D eigenvalue weighted by Crippen LogP contribution is -2.64. The number of allylic oxidation sites excluding steroid dienone is 11. The highest BCUT2D eigenvalue weighted by atomic mass is 31.2. The van der Waals surface area contributed by atoms with Gasteiger partial charge in [0.05, 0.1) is 18.8 Å². The fourth-order valence-corrected chi connectivity index (χ4v) is 7.99. The normalized spacial score (nSPS) is 25.4. The van der Waals surface area contributed by atoms with E-state index in [1.165, 1.54) is 38.5 Å². The van der Waals surface area contributed by atoms with Crippen LogP contribution in [-0.2, 0) is 37.4 Å². The van der Waals surface area contributed by atoms with Gasteiger partial charge in [-0.15, -0.1) is 0 Å². The van der Waals surface area contributed by atoms with Crippen molar-refractivity contribution in [3.63, 3.8) is 0 Å². The summed E-state index contributed by atoms with van der Waals surface area (Å²) in [6, 6.07) is 0. The average Bonchev–Trinajstić information content (AvgIpc) is 4.05. The van der Waals surface area contributed by atoms with Crippen LogP contribution >= 0.6 is 7.82 Å². The standard InChI is InChI=1S/C49H81O14P/c1-3-5-6-7-8-9-10-11-13-17-20-23-26-29-32-35-42(50)59-37-39(38-60-64(57,58)63-49-47(55)45(53)44(52)46(54)48(49)56)61-43(51)36-33-30-27-24-21-18-15-12-14-16-19-22-25-28-31-34-41-40(4-2)62-41/h11-14,18-19,21-22,27-28,30-31,39-41,44-49,52-56H,3-10,15-17,20,23-26,29,32-38H2,1-2H3,(H,57,58)/b13-11-,14-12+,21-18+,22-19+,30-27+,31-28+. The zero-order chi connectivity index (χ0) is 46.8. The number of hydrogen-bond acceptors (Lipinski definition) is 13. The van der Waals surface area contributed by atoms with Crippen LogP contribution in [0.3, 0.4) is 0 Å². The minimum absolute atomic E-state index is 0.0360. The number of hydrogen-bond donors (Lipinski definition) is 6. The van der Waals surface area contributed by atoms with Gasteiger partial charge < -0.3 is 44.6 Å². The number of aliphatic hydroxyl groups is 5. The van der Waals surface area contributed by atoms with E-state index >= 15 is 0 Å². The maximum absolute atomic E-state index is 12.8. The zero-order valence-corrected chi connectivity index (χ0v) is 39.4. The molecule has 0 aromatic rings. The second-order valence-electron chi connectivity index (χ2n) is 16.6. The second kappa shape index (κ2) is 35.4. The summed E-state index contributed by atoms with van der Waals surface area (Å²) in [5.74, 6) is -1.22. The third-order valence-electron chi connectivity index (χ3n) is 11.0. The number of carbonyl (C=O) groups excluding carboxylic acids is 2. The second-order valence-corrected chi connectivity index (χ2v) is 18.0. The molecule has 15 heteroatoms. The number of epoxide rings is 1. The number of ether oxygens (including phenoxy) is 3. The molecule has 8 atom stereocenters. The molecule has 1 saturated heterocycles. The molecule has 366 valence electrons. The molecule has 0 aromatic heterocycles. The number of phosphoric ester groups is 1. The van der Waals surface area contributed by atoms with Gasteiger partial charge in [-0.05, 0) is 77.0 Å². The molecule has 2 aliphatic rings. The van der Waals surface area contributed by atoms with Crippen LogP contribution in [0.1, 0.15) is 155 Å². The van der Waals surface area contributed by atoms with E-state index in [0.717, 1.165) is 70.6 Å². The molecule has 0 amide bonds. The molecule has 64 heavy (non-hydrogen) atoms. The molecule has 1 aliphatic carbocycles. The van der Waals surface area contributed by atoms with Gasteiger partial charge in [0.1, 0.15) is 43.2 Å². The number of esters is 2. The number of aliphatic hydroxyl groups excluding tert-OH is 5. The Bertz CT molecular complexity index is 1460. The van der Waals surface area contributed by atoms with Gasteiger partial charge in [0, 0.05) is 12.8 Å². The Morgan fingerprint density at radius 3 is 1.59 bits per heavy atom. The van der Waals surface area contributed by atoms with Crippen molar-refractivity contribution in [1.29, 1.82) is 0 Å². The summed E-state index contributed by atoms with van der Waals surface area (Å²) < 4.78 is 39.0. The van der Waals surface area contributed by atoms with Crippen molar-refractivity contribution in [3.05, 3.63) is 72.9 Å². The summed E-state index contributed by atoms with van der Waals surface area (Å²) in [7, 11) is -5.15. The van der Waals surface area contributed by atoms with Gasteiger partial charge in [0.25, 0.3) is 0 Å². The summed E-state index contributed by atoms with van der Waals surface area (Å²) in [4.78, 5) is 35.7. The van der Waals surface area contributed by atoms with Crippen molar-refractivity contribution >= 4 is 19.8 Å². The predicted molar refractivity (Wildman–Crippen MR) is 248 cm³/mol. The van der Waals surface area contributed by atoms with Gasteiger partial charge in [-0.1, -0.05) is 138 Å². The van der Waals surface area contributed by atoms with Gasteiger partial charge >= 0.3 is 19.8 Å². The Labute approximate surface area is 382 Å². The van der Waals surface area contributed by atoms with E-state index in [2.05, 4.69) is 68.5 Å². The Kier molecular flexibility index (Phi) is 31.8. The van der Waals surface area contributed by atoms with Crippen LogP contribution in [0.4, 0.5) is 0 Å². The van der Waals surface area contributed by atoms with E-state index in [-0.39, 0.29) is 12.8 Å². The first kappa shape index (κ1) is 57.4. The molecule has 0 spiro atoms. The minimum Gasteiger partial charge on any atom is -0.462 e. The molecule has 0 aromatic carbocycles. The lowest BCUT2D eigenvalue weighted by atomic mass is 9.85. The summed E-state index contributed by atoms with van der Waals surface area (Å²) >= 11 is 0. The fourth-order valence-electron chi connectivity index (χ4n) is 7.02. The maximum Gasteiger partial charge on any atom is 0.472 e. The highest BCUT2D eigenvalue weighted by molar-refractivity contribution is 7.47. The number of phosphoric acid groups is 1. The highest BCUT2D eigenvalue weighted by Gasteiger charge is 2.51. The lowest BCUT2D eigenvalue weighted by molar-refractivity contribution is -0.220. The number of rotatable bonds is 37. The zero-order valence-electron chi connectivity index (χ0n) is 38.5. The number of carbonyl (C=O) groups is 2. The summed E-state index contributed by atoms with van der Waals surface area (Å²) in [5.41, 5.74) is 0. The van der Waals surface area contributed by atoms with Crippen LogP contribution in [0.5, 0.6) is 0 Å². The molecular weight excluding hydrogens is 843 g/mol. The van der Waals surface area contributed by atoms with Gasteiger partial charge in [0.2, 0.25) is 0 Å². The summed E-state index contributed by atoms with van der Waals surface area (Å²) in [5, 5.41) is 50.2. The Morgan fingerprint density at radius 2 is 1.05 bits per heavy atom.